The zero-order valence-corrected chi connectivity index (χ0v) is 17.2. The van der Waals surface area contributed by atoms with Crippen LogP contribution >= 0.6 is 0 Å². The van der Waals surface area contributed by atoms with Crippen LogP contribution in [0.5, 0.6) is 0 Å². The maximum Gasteiger partial charge on any atom is 0.0530 e. The molecule has 1 aliphatic carbocycles. The number of hydrogen-bond acceptors (Lipinski definition) is 0. The maximum absolute atomic E-state index is 2.48. The smallest absolute Gasteiger partial charge is 0.0530 e. The molecule has 1 heteroatoms. The van der Waals surface area contributed by atoms with Crippen LogP contribution in [0, 0.1) is 55.4 Å². The Morgan fingerprint density at radius 3 is 1.72 bits per heavy atom. The van der Waals surface area contributed by atoms with Gasteiger partial charge in [0.05, 0.1) is 11.2 Å². The van der Waals surface area contributed by atoms with E-state index in [9.17, 15) is 0 Å². The van der Waals surface area contributed by atoms with Crippen molar-refractivity contribution >= 4 is 10.9 Å². The van der Waals surface area contributed by atoms with Gasteiger partial charge in [0.1, 0.15) is 0 Å². The minimum atomic E-state index is 1.08. The third-order valence-electron chi connectivity index (χ3n) is 7.32. The summed E-state index contributed by atoms with van der Waals surface area (Å²) in [6.45, 7) is 18.3. The fraction of sp³-hybridized carbons (Fsp3) is 0.417. The summed E-state index contributed by atoms with van der Waals surface area (Å²) >= 11 is 0. The van der Waals surface area contributed by atoms with Gasteiger partial charge in [-0.05, 0) is 111 Å². The molecule has 0 aliphatic heterocycles. The predicted octanol–water partition coefficient (Wildman–Crippen LogP) is 6.22. The fourth-order valence-corrected chi connectivity index (χ4v) is 5.11. The summed E-state index contributed by atoms with van der Waals surface area (Å²) in [5, 5.41) is 1.50. The minimum Gasteiger partial charge on any atom is -0.343 e. The Morgan fingerprint density at radius 2 is 1.08 bits per heavy atom. The first kappa shape index (κ1) is 16.4. The van der Waals surface area contributed by atoms with Gasteiger partial charge in [0.2, 0.25) is 0 Å². The van der Waals surface area contributed by atoms with Gasteiger partial charge in [0.25, 0.3) is 0 Å². The van der Waals surface area contributed by atoms with E-state index in [0.29, 0.717) is 0 Å². The molecule has 0 saturated carbocycles. The van der Waals surface area contributed by atoms with Gasteiger partial charge in [-0.15, -0.1) is 0 Å². The standard InChI is InChI=1S/C24H29N/c1-11-12(2)16(6)21-19(15(11)5)10-20-22-17(7)13(3)14(4)18(8)23(22)25(9)24(20)21/h10H2,1-9H3. The van der Waals surface area contributed by atoms with Crippen LogP contribution in [-0.4, -0.2) is 4.57 Å². The summed E-state index contributed by atoms with van der Waals surface area (Å²) in [5.41, 5.74) is 19.2. The summed E-state index contributed by atoms with van der Waals surface area (Å²) in [4.78, 5) is 0. The van der Waals surface area contributed by atoms with E-state index >= 15 is 0 Å². The van der Waals surface area contributed by atoms with Crippen molar-refractivity contribution in [2.24, 2.45) is 7.05 Å². The first-order valence-electron chi connectivity index (χ1n) is 9.35. The molecule has 1 aromatic heterocycles. The van der Waals surface area contributed by atoms with Crippen molar-refractivity contribution in [2.75, 3.05) is 0 Å². The molecule has 0 unspecified atom stereocenters. The quantitative estimate of drug-likeness (QED) is 0.360. The molecule has 0 bridgehead atoms. The zero-order valence-electron chi connectivity index (χ0n) is 17.2. The molecule has 130 valence electrons. The van der Waals surface area contributed by atoms with Gasteiger partial charge in [-0.3, -0.25) is 0 Å². The van der Waals surface area contributed by atoms with E-state index in [1.807, 2.05) is 0 Å². The molecule has 0 radical (unpaired) electrons. The van der Waals surface area contributed by atoms with E-state index in [0.717, 1.165) is 6.42 Å². The summed E-state index contributed by atoms with van der Waals surface area (Å²) in [6.07, 6.45) is 1.08. The molecule has 0 amide bonds. The monoisotopic (exact) mass is 331 g/mol. The highest BCUT2D eigenvalue weighted by Gasteiger charge is 2.31. The highest BCUT2D eigenvalue weighted by atomic mass is 15.0. The minimum absolute atomic E-state index is 1.08. The SMILES string of the molecule is Cc1c(C)c(C)c2c(c1C)Cc1c-2n(C)c2c(C)c(C)c(C)c(C)c12. The summed E-state index contributed by atoms with van der Waals surface area (Å²) in [5.74, 6) is 0. The van der Waals surface area contributed by atoms with Crippen LogP contribution in [0.1, 0.15) is 55.6 Å². The fourth-order valence-electron chi connectivity index (χ4n) is 5.11. The number of aryl methyl sites for hydroxylation is 3. The Morgan fingerprint density at radius 1 is 0.560 bits per heavy atom. The Balaban J connectivity index is 2.23. The molecule has 0 atom stereocenters. The Kier molecular flexibility index (Phi) is 3.29. The van der Waals surface area contributed by atoms with Crippen LogP contribution < -0.4 is 0 Å². The normalized spacial score (nSPS) is 12.8. The van der Waals surface area contributed by atoms with Crippen LogP contribution in [-0.2, 0) is 13.5 Å². The van der Waals surface area contributed by atoms with Crippen LogP contribution in [0.25, 0.3) is 22.2 Å². The molecule has 4 rings (SSSR count). The number of nitrogens with zero attached hydrogens (tertiary/aromatic N) is 1. The van der Waals surface area contributed by atoms with Gasteiger partial charge in [-0.25, -0.2) is 0 Å². The van der Waals surface area contributed by atoms with Gasteiger partial charge >= 0.3 is 0 Å². The van der Waals surface area contributed by atoms with Crippen molar-refractivity contribution in [1.29, 1.82) is 0 Å². The summed E-state index contributed by atoms with van der Waals surface area (Å²) < 4.78 is 2.48. The first-order chi connectivity index (χ1) is 11.7. The topological polar surface area (TPSA) is 4.93 Å². The lowest BCUT2D eigenvalue weighted by Gasteiger charge is -2.18. The van der Waals surface area contributed by atoms with E-state index in [1.54, 1.807) is 11.1 Å². The lowest BCUT2D eigenvalue weighted by molar-refractivity contribution is 0.967. The molecule has 2 aromatic carbocycles. The molecule has 0 spiro atoms. The van der Waals surface area contributed by atoms with Gasteiger partial charge in [0, 0.05) is 24.4 Å². The molecule has 3 aromatic rings. The number of rotatable bonds is 0. The molecule has 0 fully saturated rings. The van der Waals surface area contributed by atoms with Gasteiger partial charge in [-0.2, -0.15) is 0 Å². The van der Waals surface area contributed by atoms with Crippen molar-refractivity contribution in [3.05, 3.63) is 55.6 Å². The molecule has 1 nitrogen and oxygen atoms in total. The molecule has 0 saturated heterocycles. The second kappa shape index (κ2) is 5.00. The first-order valence-corrected chi connectivity index (χ1v) is 9.35. The lowest BCUT2D eigenvalue weighted by atomic mass is 9.89. The van der Waals surface area contributed by atoms with Gasteiger partial charge < -0.3 is 4.57 Å². The summed E-state index contributed by atoms with van der Waals surface area (Å²) in [7, 11) is 2.27. The van der Waals surface area contributed by atoms with Crippen molar-refractivity contribution in [2.45, 2.75) is 61.8 Å². The van der Waals surface area contributed by atoms with Gasteiger partial charge in [-0.1, -0.05) is 0 Å². The molecule has 25 heavy (non-hydrogen) atoms. The predicted molar refractivity (Wildman–Crippen MR) is 109 cm³/mol. The van der Waals surface area contributed by atoms with Crippen molar-refractivity contribution in [1.82, 2.24) is 4.57 Å². The highest BCUT2D eigenvalue weighted by Crippen LogP contribution is 2.48. The molecular weight excluding hydrogens is 302 g/mol. The molecule has 1 aliphatic rings. The van der Waals surface area contributed by atoms with Crippen LogP contribution in [0.3, 0.4) is 0 Å². The van der Waals surface area contributed by atoms with Crippen LogP contribution in [0.15, 0.2) is 0 Å². The van der Waals surface area contributed by atoms with Crippen molar-refractivity contribution < 1.29 is 0 Å². The maximum atomic E-state index is 2.48. The number of fused-ring (bicyclic) bond motifs is 5. The third-order valence-corrected chi connectivity index (χ3v) is 7.32. The largest absolute Gasteiger partial charge is 0.343 e. The van der Waals surface area contributed by atoms with Crippen LogP contribution in [0.2, 0.25) is 0 Å². The number of benzene rings is 2. The molecule has 1 heterocycles. The molecule has 0 N–H and O–H groups in total. The van der Waals surface area contributed by atoms with Crippen LogP contribution in [0.4, 0.5) is 0 Å². The number of hydrogen-bond donors (Lipinski definition) is 0. The second-order valence-corrected chi connectivity index (χ2v) is 8.14. The number of aromatic nitrogens is 1. The highest BCUT2D eigenvalue weighted by molar-refractivity contribution is 6.01. The lowest BCUT2D eigenvalue weighted by Crippen LogP contribution is -2.02. The second-order valence-electron chi connectivity index (χ2n) is 8.14. The molecular formula is C24H29N. The Bertz CT molecular complexity index is 1090. The average Bonchev–Trinajstić information content (AvgIpc) is 3.10. The van der Waals surface area contributed by atoms with E-state index in [-0.39, 0.29) is 0 Å². The van der Waals surface area contributed by atoms with E-state index in [2.05, 4.69) is 67.0 Å². The van der Waals surface area contributed by atoms with Crippen molar-refractivity contribution in [3.63, 3.8) is 0 Å². The van der Waals surface area contributed by atoms with Crippen molar-refractivity contribution in [3.8, 4) is 11.3 Å². The third kappa shape index (κ3) is 1.79. The van der Waals surface area contributed by atoms with E-state index < -0.39 is 0 Å². The van der Waals surface area contributed by atoms with Gasteiger partial charge in [0.15, 0.2) is 0 Å². The van der Waals surface area contributed by atoms with E-state index in [4.69, 9.17) is 0 Å². The Hall–Kier alpha value is -2.02. The van der Waals surface area contributed by atoms with E-state index in [1.165, 1.54) is 66.7 Å². The average molecular weight is 332 g/mol. The zero-order chi connectivity index (χ0) is 18.4. The Labute approximate surface area is 151 Å². The summed E-state index contributed by atoms with van der Waals surface area (Å²) in [6, 6.07) is 0.